The van der Waals surface area contributed by atoms with Crippen LogP contribution in [0.25, 0.3) is 0 Å². The van der Waals surface area contributed by atoms with Gasteiger partial charge >= 0.3 is 0 Å². The highest BCUT2D eigenvalue weighted by atomic mass is 16.5. The van der Waals surface area contributed by atoms with Crippen molar-refractivity contribution in [2.24, 2.45) is 0 Å². The summed E-state index contributed by atoms with van der Waals surface area (Å²) in [6.45, 7) is 3.94. The van der Waals surface area contributed by atoms with E-state index in [0.717, 1.165) is 11.4 Å². The number of nitrogen functional groups attached to an aromatic ring is 1. The molecule has 4 nitrogen and oxygen atoms in total. The minimum atomic E-state index is -0.0725. The first-order valence-electron chi connectivity index (χ1n) is 5.29. The number of ether oxygens (including phenoxy) is 2. The van der Waals surface area contributed by atoms with E-state index in [1.807, 2.05) is 43.0 Å². The molecule has 0 fully saturated rings. The molecule has 2 atom stereocenters. The van der Waals surface area contributed by atoms with Crippen LogP contribution >= 0.6 is 0 Å². The van der Waals surface area contributed by atoms with Crippen LogP contribution < -0.4 is 10.6 Å². The maximum absolute atomic E-state index is 5.77. The van der Waals surface area contributed by atoms with Crippen molar-refractivity contribution in [2.75, 3.05) is 24.9 Å². The highest BCUT2D eigenvalue weighted by Gasteiger charge is 2.19. The van der Waals surface area contributed by atoms with Gasteiger partial charge in [0.05, 0.1) is 0 Å². The Kier molecular flexibility index (Phi) is 4.58. The Morgan fingerprint density at radius 3 is 2.12 bits per heavy atom. The lowest BCUT2D eigenvalue weighted by Crippen LogP contribution is -2.42. The number of nitrogens with zero attached hydrogens (tertiary/aromatic N) is 1. The fourth-order valence-electron chi connectivity index (χ4n) is 1.63. The van der Waals surface area contributed by atoms with Crippen molar-refractivity contribution in [2.45, 2.75) is 26.3 Å². The van der Waals surface area contributed by atoms with Crippen LogP contribution in [0, 0.1) is 0 Å². The Bertz CT molecular complexity index is 321. The van der Waals surface area contributed by atoms with Crippen LogP contribution in [-0.4, -0.2) is 26.7 Å². The molecule has 1 rings (SSSR count). The van der Waals surface area contributed by atoms with E-state index in [1.165, 1.54) is 0 Å². The van der Waals surface area contributed by atoms with Gasteiger partial charge in [0.15, 0.2) is 0 Å². The largest absolute Gasteiger partial charge is 0.399 e. The van der Waals surface area contributed by atoms with Crippen molar-refractivity contribution in [3.8, 4) is 0 Å². The number of benzene rings is 1. The Morgan fingerprint density at radius 1 is 1.12 bits per heavy atom. The van der Waals surface area contributed by atoms with Gasteiger partial charge in [0.25, 0.3) is 0 Å². The molecule has 0 aromatic heterocycles. The van der Waals surface area contributed by atoms with Crippen molar-refractivity contribution in [1.82, 2.24) is 0 Å². The van der Waals surface area contributed by atoms with Crippen molar-refractivity contribution >= 4 is 11.4 Å². The summed E-state index contributed by atoms with van der Waals surface area (Å²) >= 11 is 0. The predicted molar refractivity (Wildman–Crippen MR) is 66.3 cm³/mol. The zero-order valence-corrected chi connectivity index (χ0v) is 10.3. The maximum atomic E-state index is 5.77. The topological polar surface area (TPSA) is 47.7 Å². The Balaban J connectivity index is 3.00. The molecule has 0 amide bonds. The van der Waals surface area contributed by atoms with Gasteiger partial charge in [-0.15, -0.1) is 0 Å². The van der Waals surface area contributed by atoms with E-state index in [1.54, 1.807) is 14.2 Å². The molecule has 0 bridgehead atoms. The average molecular weight is 224 g/mol. The zero-order valence-electron chi connectivity index (χ0n) is 10.3. The van der Waals surface area contributed by atoms with Crippen LogP contribution in [0.2, 0.25) is 0 Å². The molecule has 90 valence electrons. The Hall–Kier alpha value is -1.26. The van der Waals surface area contributed by atoms with E-state index in [4.69, 9.17) is 15.2 Å². The summed E-state index contributed by atoms with van der Waals surface area (Å²) in [7, 11) is 3.35. The van der Waals surface area contributed by atoms with Gasteiger partial charge in [0.1, 0.15) is 12.5 Å². The lowest BCUT2D eigenvalue weighted by molar-refractivity contribution is 0.0427. The molecule has 0 heterocycles. The summed E-state index contributed by atoms with van der Waals surface area (Å²) in [6.07, 6.45) is -0.145. The van der Waals surface area contributed by atoms with Gasteiger partial charge in [0.2, 0.25) is 0 Å². The van der Waals surface area contributed by atoms with Crippen molar-refractivity contribution in [3.05, 3.63) is 24.3 Å². The van der Waals surface area contributed by atoms with Crippen LogP contribution in [0.4, 0.5) is 11.4 Å². The molecule has 16 heavy (non-hydrogen) atoms. The average Bonchev–Trinajstić information content (AvgIpc) is 2.29. The van der Waals surface area contributed by atoms with E-state index in [-0.39, 0.29) is 12.5 Å². The second kappa shape index (κ2) is 5.72. The second-order valence-corrected chi connectivity index (χ2v) is 3.67. The summed E-state index contributed by atoms with van der Waals surface area (Å²) in [5, 5.41) is 0. The minimum absolute atomic E-state index is 0.0725. The molecule has 1 aromatic rings. The molecule has 0 spiro atoms. The van der Waals surface area contributed by atoms with Gasteiger partial charge in [-0.25, -0.2) is 0 Å². The molecule has 2 unspecified atom stereocenters. The van der Waals surface area contributed by atoms with E-state index >= 15 is 0 Å². The van der Waals surface area contributed by atoms with Gasteiger partial charge in [-0.2, -0.15) is 0 Å². The minimum Gasteiger partial charge on any atom is -0.399 e. The highest BCUT2D eigenvalue weighted by molar-refractivity contribution is 5.56. The van der Waals surface area contributed by atoms with Gasteiger partial charge < -0.3 is 20.1 Å². The number of rotatable bonds is 5. The van der Waals surface area contributed by atoms with Crippen LogP contribution in [0.15, 0.2) is 24.3 Å². The van der Waals surface area contributed by atoms with Crippen LogP contribution in [-0.2, 0) is 9.47 Å². The van der Waals surface area contributed by atoms with Gasteiger partial charge in [-0.3, -0.25) is 0 Å². The molecular weight excluding hydrogens is 204 g/mol. The highest BCUT2D eigenvalue weighted by Crippen LogP contribution is 2.22. The number of methoxy groups -OCH3 is 2. The fraction of sp³-hybridized carbons (Fsp3) is 0.500. The van der Waals surface area contributed by atoms with Crippen LogP contribution in [0.1, 0.15) is 13.8 Å². The summed E-state index contributed by atoms with van der Waals surface area (Å²) in [5.41, 5.74) is 7.49. The van der Waals surface area contributed by atoms with Crippen LogP contribution in [0.5, 0.6) is 0 Å². The first kappa shape index (κ1) is 12.8. The zero-order chi connectivity index (χ0) is 12.1. The van der Waals surface area contributed by atoms with E-state index in [9.17, 15) is 0 Å². The summed E-state index contributed by atoms with van der Waals surface area (Å²) < 4.78 is 10.7. The lowest BCUT2D eigenvalue weighted by Gasteiger charge is -2.34. The quantitative estimate of drug-likeness (QED) is 0.614. The molecule has 0 saturated heterocycles. The molecule has 4 heteroatoms. The fourth-order valence-corrected chi connectivity index (χ4v) is 1.63. The molecule has 0 aliphatic carbocycles. The molecule has 0 aliphatic rings. The molecule has 0 aliphatic heterocycles. The van der Waals surface area contributed by atoms with Crippen LogP contribution in [0.3, 0.4) is 0 Å². The summed E-state index contributed by atoms with van der Waals surface area (Å²) in [5.74, 6) is 0. The standard InChI is InChI=1S/C12H20N2O2/c1-9(15-3)14(10(2)16-4)12-7-5-6-11(13)8-12/h5-10H,13H2,1-4H3. The van der Waals surface area contributed by atoms with E-state index < -0.39 is 0 Å². The number of hydrogen-bond donors (Lipinski definition) is 1. The van der Waals surface area contributed by atoms with E-state index in [2.05, 4.69) is 0 Å². The van der Waals surface area contributed by atoms with E-state index in [0.29, 0.717) is 0 Å². The molecule has 1 aromatic carbocycles. The lowest BCUT2D eigenvalue weighted by atomic mass is 10.2. The Morgan fingerprint density at radius 2 is 1.69 bits per heavy atom. The summed E-state index contributed by atoms with van der Waals surface area (Å²) in [6, 6.07) is 7.67. The smallest absolute Gasteiger partial charge is 0.129 e. The van der Waals surface area contributed by atoms with Gasteiger partial charge in [-0.1, -0.05) is 6.07 Å². The third kappa shape index (κ3) is 2.87. The number of anilines is 2. The SMILES string of the molecule is COC(C)N(c1cccc(N)c1)C(C)OC. The Labute approximate surface area is 96.9 Å². The summed E-state index contributed by atoms with van der Waals surface area (Å²) in [4.78, 5) is 2.02. The molecule has 0 saturated carbocycles. The number of hydrogen-bond acceptors (Lipinski definition) is 4. The maximum Gasteiger partial charge on any atom is 0.129 e. The van der Waals surface area contributed by atoms with Crippen molar-refractivity contribution in [1.29, 1.82) is 0 Å². The van der Waals surface area contributed by atoms with Gasteiger partial charge in [0, 0.05) is 25.6 Å². The predicted octanol–water partition coefficient (Wildman–Crippen LogP) is 2.06. The first-order chi connectivity index (χ1) is 7.60. The third-order valence-corrected chi connectivity index (χ3v) is 2.63. The monoisotopic (exact) mass is 224 g/mol. The number of nitrogens with two attached hydrogens (primary N) is 1. The first-order valence-corrected chi connectivity index (χ1v) is 5.29. The third-order valence-electron chi connectivity index (χ3n) is 2.63. The molecule has 0 radical (unpaired) electrons. The van der Waals surface area contributed by atoms with Crippen molar-refractivity contribution in [3.63, 3.8) is 0 Å². The molecular formula is C12H20N2O2. The van der Waals surface area contributed by atoms with Crippen molar-refractivity contribution < 1.29 is 9.47 Å². The normalized spacial score (nSPS) is 14.5. The molecule has 2 N–H and O–H groups in total. The second-order valence-electron chi connectivity index (χ2n) is 3.67. The van der Waals surface area contributed by atoms with Gasteiger partial charge in [-0.05, 0) is 32.0 Å².